The molecular formula is C24H39N7O3. The SMILES string of the molecule is C1CCCCC1.CC1=C2N=C(N)C=C(NCc3ccc(=O)n(C)c3)N2NC1.COC(=O)C(C)N. The number of nitrogens with zero attached hydrogens (tertiary/aromatic N) is 3. The van der Waals surface area contributed by atoms with Gasteiger partial charge in [-0.05, 0) is 25.0 Å². The topological polar surface area (TPSA) is 140 Å². The van der Waals surface area contributed by atoms with Gasteiger partial charge in [0.1, 0.15) is 17.7 Å². The highest BCUT2D eigenvalue weighted by Crippen LogP contribution is 2.23. The summed E-state index contributed by atoms with van der Waals surface area (Å²) < 4.78 is 5.81. The van der Waals surface area contributed by atoms with Crippen LogP contribution in [0, 0.1) is 0 Å². The minimum absolute atomic E-state index is 0.0194. The number of ether oxygens (including phenoxy) is 1. The van der Waals surface area contributed by atoms with Gasteiger partial charge in [-0.3, -0.25) is 9.59 Å². The molecule has 1 fully saturated rings. The normalized spacial score (nSPS) is 17.7. The van der Waals surface area contributed by atoms with Crippen molar-refractivity contribution < 1.29 is 9.53 Å². The molecule has 10 heteroatoms. The number of aromatic nitrogens is 1. The molecule has 10 nitrogen and oxygen atoms in total. The van der Waals surface area contributed by atoms with Crippen molar-refractivity contribution in [1.82, 2.24) is 20.3 Å². The molecule has 3 heterocycles. The largest absolute Gasteiger partial charge is 0.468 e. The van der Waals surface area contributed by atoms with Crippen molar-refractivity contribution in [3.63, 3.8) is 0 Å². The van der Waals surface area contributed by atoms with Crippen LogP contribution < -0.4 is 27.8 Å². The molecule has 0 bridgehead atoms. The average Bonchev–Trinajstić information content (AvgIpc) is 3.21. The molecule has 0 spiro atoms. The van der Waals surface area contributed by atoms with E-state index in [0.717, 1.165) is 29.3 Å². The molecule has 1 aromatic rings. The summed E-state index contributed by atoms with van der Waals surface area (Å²) in [6.07, 6.45) is 12.6. The monoisotopic (exact) mass is 473 g/mol. The summed E-state index contributed by atoms with van der Waals surface area (Å²) >= 11 is 0. The number of aryl methyl sites for hydroxylation is 1. The van der Waals surface area contributed by atoms with Gasteiger partial charge in [-0.2, -0.15) is 0 Å². The fourth-order valence-corrected chi connectivity index (χ4v) is 3.57. The summed E-state index contributed by atoms with van der Waals surface area (Å²) in [7, 11) is 3.05. The molecule has 0 saturated heterocycles. The minimum atomic E-state index is -0.495. The van der Waals surface area contributed by atoms with Gasteiger partial charge < -0.3 is 26.1 Å². The Morgan fingerprint density at radius 2 is 1.85 bits per heavy atom. The minimum Gasteiger partial charge on any atom is -0.468 e. The first kappa shape index (κ1) is 27.1. The summed E-state index contributed by atoms with van der Waals surface area (Å²) in [4.78, 5) is 25.9. The summed E-state index contributed by atoms with van der Waals surface area (Å²) in [5, 5.41) is 5.22. The van der Waals surface area contributed by atoms with Gasteiger partial charge in [0.2, 0.25) is 5.56 Å². The number of fused-ring (bicyclic) bond motifs is 1. The lowest BCUT2D eigenvalue weighted by atomic mass is 10.0. The summed E-state index contributed by atoms with van der Waals surface area (Å²) in [5.41, 5.74) is 16.3. The molecule has 0 radical (unpaired) electrons. The number of pyridine rings is 1. The molecule has 1 saturated carbocycles. The van der Waals surface area contributed by atoms with E-state index in [9.17, 15) is 9.59 Å². The second kappa shape index (κ2) is 13.6. The number of carbonyl (C=O) groups excluding carboxylic acids is 1. The predicted octanol–water partition coefficient (Wildman–Crippen LogP) is 1.59. The van der Waals surface area contributed by atoms with E-state index in [-0.39, 0.29) is 11.5 Å². The predicted molar refractivity (Wildman–Crippen MR) is 134 cm³/mol. The van der Waals surface area contributed by atoms with Crippen molar-refractivity contribution in [3.8, 4) is 0 Å². The lowest BCUT2D eigenvalue weighted by Gasteiger charge is -2.27. The number of esters is 1. The number of nitrogens with one attached hydrogen (secondary N) is 2. The Labute approximate surface area is 201 Å². The third-order valence-electron chi connectivity index (χ3n) is 5.55. The zero-order chi connectivity index (χ0) is 25.1. The van der Waals surface area contributed by atoms with E-state index in [0.29, 0.717) is 12.4 Å². The number of nitrogens with two attached hydrogens (primary N) is 2. The van der Waals surface area contributed by atoms with Crippen LogP contribution in [0.2, 0.25) is 0 Å². The smallest absolute Gasteiger partial charge is 0.322 e. The van der Waals surface area contributed by atoms with Crippen molar-refractivity contribution in [1.29, 1.82) is 0 Å². The Hall–Kier alpha value is -3.11. The number of methoxy groups -OCH3 is 1. The van der Waals surface area contributed by atoms with E-state index in [1.807, 2.05) is 24.2 Å². The van der Waals surface area contributed by atoms with E-state index < -0.39 is 6.04 Å². The van der Waals surface area contributed by atoms with Gasteiger partial charge >= 0.3 is 5.97 Å². The van der Waals surface area contributed by atoms with Crippen LogP contribution in [0.3, 0.4) is 0 Å². The Kier molecular flexibility index (Phi) is 10.8. The second-order valence-corrected chi connectivity index (χ2v) is 8.61. The highest BCUT2D eigenvalue weighted by molar-refractivity contribution is 5.93. The number of hydrazine groups is 1. The third kappa shape index (κ3) is 8.35. The highest BCUT2D eigenvalue weighted by atomic mass is 16.5. The maximum atomic E-state index is 11.4. The Morgan fingerprint density at radius 3 is 2.35 bits per heavy atom. The van der Waals surface area contributed by atoms with Gasteiger partial charge in [0.05, 0.1) is 7.11 Å². The molecule has 3 aliphatic rings. The fourth-order valence-electron chi connectivity index (χ4n) is 3.57. The second-order valence-electron chi connectivity index (χ2n) is 8.61. The number of aliphatic imine (C=N–C) groups is 1. The third-order valence-corrected chi connectivity index (χ3v) is 5.55. The maximum Gasteiger partial charge on any atom is 0.322 e. The number of carbonyl (C=O) groups is 1. The molecular weight excluding hydrogens is 434 g/mol. The van der Waals surface area contributed by atoms with Crippen molar-refractivity contribution in [2.45, 2.75) is 65.0 Å². The molecule has 188 valence electrons. The van der Waals surface area contributed by atoms with Crippen molar-refractivity contribution in [3.05, 3.63) is 57.5 Å². The molecule has 2 aliphatic heterocycles. The Balaban J connectivity index is 0.000000257. The first-order valence-electron chi connectivity index (χ1n) is 11.7. The maximum absolute atomic E-state index is 11.4. The Morgan fingerprint density at radius 1 is 1.24 bits per heavy atom. The quantitative estimate of drug-likeness (QED) is 0.483. The van der Waals surface area contributed by atoms with Gasteiger partial charge in [0.15, 0.2) is 5.82 Å². The standard InChI is InChI=1S/C14H18N6O.C6H12.C4H9NO2/c1-9-6-17-20-12(5-11(15)18-14(9)20)16-7-10-3-4-13(21)19(2)8-10;1-2-4-6-5-3-1;1-3(5)4(6)7-2/h3-5,8,16-17H,6-7H2,1-2H3,(H2,15,18);1-6H2;3H,5H2,1-2H3. The Bertz CT molecular complexity index is 964. The molecule has 1 atom stereocenters. The summed E-state index contributed by atoms with van der Waals surface area (Å²) in [5.74, 6) is 1.80. The van der Waals surface area contributed by atoms with Crippen LogP contribution in [-0.2, 0) is 23.1 Å². The van der Waals surface area contributed by atoms with Crippen LogP contribution in [-0.4, -0.2) is 41.1 Å². The van der Waals surface area contributed by atoms with Gasteiger partial charge in [-0.15, -0.1) is 0 Å². The van der Waals surface area contributed by atoms with E-state index in [1.54, 1.807) is 30.7 Å². The van der Waals surface area contributed by atoms with Crippen molar-refractivity contribution in [2.75, 3.05) is 13.7 Å². The molecule has 34 heavy (non-hydrogen) atoms. The lowest BCUT2D eigenvalue weighted by Crippen LogP contribution is -2.40. The zero-order valence-electron chi connectivity index (χ0n) is 20.8. The summed E-state index contributed by atoms with van der Waals surface area (Å²) in [6, 6.07) is 2.88. The van der Waals surface area contributed by atoms with E-state index >= 15 is 0 Å². The van der Waals surface area contributed by atoms with Crippen LogP contribution in [0.5, 0.6) is 0 Å². The van der Waals surface area contributed by atoms with Gasteiger partial charge in [-0.1, -0.05) is 44.6 Å². The number of amidine groups is 1. The summed E-state index contributed by atoms with van der Waals surface area (Å²) in [6.45, 7) is 4.95. The lowest BCUT2D eigenvalue weighted by molar-refractivity contribution is -0.141. The van der Waals surface area contributed by atoms with E-state index in [4.69, 9.17) is 11.5 Å². The highest BCUT2D eigenvalue weighted by Gasteiger charge is 2.25. The first-order chi connectivity index (χ1) is 16.2. The van der Waals surface area contributed by atoms with Gasteiger partial charge in [0, 0.05) is 38.5 Å². The van der Waals surface area contributed by atoms with Gasteiger partial charge in [-0.25, -0.2) is 15.4 Å². The zero-order valence-corrected chi connectivity index (χ0v) is 20.8. The molecule has 4 rings (SSSR count). The molecule has 0 aromatic carbocycles. The molecule has 1 aliphatic carbocycles. The van der Waals surface area contributed by atoms with Crippen LogP contribution >= 0.6 is 0 Å². The molecule has 1 unspecified atom stereocenters. The van der Waals surface area contributed by atoms with Crippen molar-refractivity contribution >= 4 is 11.8 Å². The average molecular weight is 474 g/mol. The molecule has 6 N–H and O–H groups in total. The van der Waals surface area contributed by atoms with Crippen LogP contribution in [0.15, 0.2) is 51.4 Å². The number of rotatable bonds is 4. The fraction of sp³-hybridized carbons (Fsp3) is 0.542. The molecule has 0 amide bonds. The van der Waals surface area contributed by atoms with Gasteiger partial charge in [0.25, 0.3) is 0 Å². The van der Waals surface area contributed by atoms with Crippen LogP contribution in [0.4, 0.5) is 0 Å². The first-order valence-corrected chi connectivity index (χ1v) is 11.7. The molecule has 1 aromatic heterocycles. The van der Waals surface area contributed by atoms with Crippen LogP contribution in [0.1, 0.15) is 57.9 Å². The van der Waals surface area contributed by atoms with Crippen LogP contribution in [0.25, 0.3) is 0 Å². The van der Waals surface area contributed by atoms with E-state index in [1.165, 1.54) is 45.6 Å². The number of hydrogen-bond donors (Lipinski definition) is 4. The number of hydrogen-bond acceptors (Lipinski definition) is 9. The van der Waals surface area contributed by atoms with Crippen molar-refractivity contribution in [2.24, 2.45) is 23.5 Å². The van der Waals surface area contributed by atoms with E-state index in [2.05, 4.69) is 20.5 Å².